The van der Waals surface area contributed by atoms with Crippen molar-refractivity contribution >= 4 is 34.5 Å². The summed E-state index contributed by atoms with van der Waals surface area (Å²) < 4.78 is 21.3. The smallest absolute Gasteiger partial charge is 0.449 e. The van der Waals surface area contributed by atoms with Crippen molar-refractivity contribution in [1.82, 2.24) is 4.57 Å². The van der Waals surface area contributed by atoms with Gasteiger partial charge < -0.3 is 19.3 Å². The van der Waals surface area contributed by atoms with Gasteiger partial charge in [-0.1, -0.05) is 0 Å². The summed E-state index contributed by atoms with van der Waals surface area (Å²) in [6, 6.07) is 3.14. The molecule has 2 fully saturated rings. The van der Waals surface area contributed by atoms with Gasteiger partial charge in [-0.25, -0.2) is 9.18 Å². The van der Waals surface area contributed by atoms with Gasteiger partial charge >= 0.3 is 6.16 Å². The van der Waals surface area contributed by atoms with Crippen LogP contribution in [0.4, 0.5) is 14.9 Å². The number of carboxylic acid groups (broad SMARTS) is 1. The van der Waals surface area contributed by atoms with E-state index in [2.05, 4.69) is 11.0 Å². The maximum atomic E-state index is 14.9. The number of hydrogen-bond acceptors (Lipinski definition) is 5. The van der Waals surface area contributed by atoms with E-state index in [-0.39, 0.29) is 17.2 Å². The molecule has 8 heteroatoms. The summed E-state index contributed by atoms with van der Waals surface area (Å²) in [6.45, 7) is 1.60. The Balaban J connectivity index is 1.80. The quantitative estimate of drug-likeness (QED) is 0.782. The van der Waals surface area contributed by atoms with Gasteiger partial charge in [0.25, 0.3) is 0 Å². The zero-order valence-corrected chi connectivity index (χ0v) is 15.8. The minimum absolute atomic E-state index is 0.154. The molecule has 6 nitrogen and oxygen atoms in total. The first-order valence-electron chi connectivity index (χ1n) is 9.01. The van der Waals surface area contributed by atoms with Crippen LogP contribution in [-0.2, 0) is 0 Å². The van der Waals surface area contributed by atoms with Crippen LogP contribution in [0.5, 0.6) is 5.75 Å². The molecule has 2 aliphatic rings. The average molecular weight is 392 g/mol. The van der Waals surface area contributed by atoms with Gasteiger partial charge in [0.2, 0.25) is 5.43 Å². The lowest BCUT2D eigenvalue weighted by atomic mass is 10.1. The largest absolute Gasteiger partial charge is 0.511 e. The fourth-order valence-electron chi connectivity index (χ4n) is 3.82. The second kappa shape index (κ2) is 7.07. The van der Waals surface area contributed by atoms with Crippen molar-refractivity contribution in [1.29, 1.82) is 0 Å². The predicted molar refractivity (Wildman–Crippen MR) is 104 cm³/mol. The molecule has 144 valence electrons. The second-order valence-electron chi connectivity index (χ2n) is 7.21. The number of anilines is 1. The Morgan fingerprint density at radius 3 is 2.81 bits per heavy atom. The molecule has 1 unspecified atom stereocenters. The first-order chi connectivity index (χ1) is 13.0. The Morgan fingerprint density at radius 2 is 2.15 bits per heavy atom. The summed E-state index contributed by atoms with van der Waals surface area (Å²) in [4.78, 5) is 25.5. The molecule has 1 aromatic heterocycles. The van der Waals surface area contributed by atoms with Crippen LogP contribution in [0.2, 0.25) is 0 Å². The zero-order valence-electron chi connectivity index (χ0n) is 15.0. The van der Waals surface area contributed by atoms with Crippen LogP contribution in [0.25, 0.3) is 10.9 Å². The van der Waals surface area contributed by atoms with Gasteiger partial charge in [-0.3, -0.25) is 4.79 Å². The summed E-state index contributed by atoms with van der Waals surface area (Å²) in [5.41, 5.74) is 0.535. The van der Waals surface area contributed by atoms with E-state index in [4.69, 9.17) is 5.11 Å². The maximum absolute atomic E-state index is 14.9. The van der Waals surface area contributed by atoms with Crippen LogP contribution in [0.3, 0.4) is 0 Å². The molecule has 0 bridgehead atoms. The third-order valence-corrected chi connectivity index (χ3v) is 6.04. The van der Waals surface area contributed by atoms with E-state index in [1.54, 1.807) is 17.8 Å². The number of hydrogen-bond donors (Lipinski definition) is 1. The molecule has 1 aliphatic carbocycles. The summed E-state index contributed by atoms with van der Waals surface area (Å²) in [6.07, 6.45) is 4.87. The Kier molecular flexibility index (Phi) is 4.75. The van der Waals surface area contributed by atoms with Gasteiger partial charge in [-0.15, -0.1) is 0 Å². The fraction of sp³-hybridized carbons (Fsp3) is 0.474. The molecule has 2 aromatic rings. The van der Waals surface area contributed by atoms with Gasteiger partial charge in [-0.05, 0) is 49.3 Å². The van der Waals surface area contributed by atoms with Crippen LogP contribution in [-0.4, -0.2) is 40.9 Å². The number of nitrogens with zero attached hydrogens (tertiary/aromatic N) is 2. The third-order valence-electron chi connectivity index (χ3n) is 5.23. The standard InChI is InChI=1S/C19H21FN2O4S/c1-27-10-11-4-5-21(8-11)16-7-15-13(6-14(16)20)18(23)17(26-19(24)25)9-22(15)12-2-3-12/h6-7,9,11-12H,2-5,8,10H2,1H3,(H,24,25). The number of benzene rings is 1. The number of rotatable bonds is 5. The molecule has 0 radical (unpaired) electrons. The molecule has 1 aromatic carbocycles. The van der Waals surface area contributed by atoms with Gasteiger partial charge in [-0.2, -0.15) is 11.8 Å². The highest BCUT2D eigenvalue weighted by atomic mass is 32.2. The van der Waals surface area contributed by atoms with Crippen LogP contribution >= 0.6 is 11.8 Å². The molecule has 0 amide bonds. The van der Waals surface area contributed by atoms with Gasteiger partial charge in [0.1, 0.15) is 5.82 Å². The molecule has 1 aliphatic heterocycles. The molecule has 27 heavy (non-hydrogen) atoms. The number of fused-ring (bicyclic) bond motifs is 1. The molecular formula is C19H21FN2O4S. The van der Waals surface area contributed by atoms with Crippen molar-refractivity contribution in [2.24, 2.45) is 5.92 Å². The maximum Gasteiger partial charge on any atom is 0.511 e. The van der Waals surface area contributed by atoms with Crippen molar-refractivity contribution in [3.05, 3.63) is 34.4 Å². The lowest BCUT2D eigenvalue weighted by molar-refractivity contribution is 0.143. The van der Waals surface area contributed by atoms with Crippen molar-refractivity contribution in [3.63, 3.8) is 0 Å². The topological polar surface area (TPSA) is 71.8 Å². The van der Waals surface area contributed by atoms with E-state index in [1.807, 2.05) is 9.47 Å². The Labute approximate surface area is 159 Å². The Hall–Kier alpha value is -2.22. The highest BCUT2D eigenvalue weighted by Gasteiger charge is 2.29. The first-order valence-corrected chi connectivity index (χ1v) is 10.4. The van der Waals surface area contributed by atoms with Gasteiger partial charge in [0, 0.05) is 19.1 Å². The normalized spacial score (nSPS) is 19.6. The lowest BCUT2D eigenvalue weighted by Crippen LogP contribution is -2.22. The van der Waals surface area contributed by atoms with Crippen LogP contribution in [0.15, 0.2) is 23.1 Å². The van der Waals surface area contributed by atoms with Crippen molar-refractivity contribution in [3.8, 4) is 5.75 Å². The predicted octanol–water partition coefficient (Wildman–Crippen LogP) is 3.72. The molecule has 1 N–H and O–H groups in total. The van der Waals surface area contributed by atoms with E-state index in [1.165, 1.54) is 12.3 Å². The molecule has 4 rings (SSSR count). The summed E-state index contributed by atoms with van der Waals surface area (Å²) in [5, 5.41) is 9.02. The molecule has 1 saturated carbocycles. The van der Waals surface area contributed by atoms with E-state index in [9.17, 15) is 14.0 Å². The molecule has 0 spiro atoms. The highest BCUT2D eigenvalue weighted by Crippen LogP contribution is 2.39. The van der Waals surface area contributed by atoms with E-state index >= 15 is 0 Å². The summed E-state index contributed by atoms with van der Waals surface area (Å²) >= 11 is 1.80. The number of ether oxygens (including phenoxy) is 1. The fourth-order valence-corrected chi connectivity index (χ4v) is 4.56. The highest BCUT2D eigenvalue weighted by molar-refractivity contribution is 7.98. The molecule has 2 heterocycles. The number of halogens is 1. The Bertz CT molecular complexity index is 957. The van der Waals surface area contributed by atoms with Crippen LogP contribution < -0.4 is 15.1 Å². The van der Waals surface area contributed by atoms with Gasteiger partial charge in [0.15, 0.2) is 5.75 Å². The average Bonchev–Trinajstić information content (AvgIpc) is 3.36. The van der Waals surface area contributed by atoms with E-state index in [0.29, 0.717) is 17.1 Å². The SMILES string of the molecule is CSCC1CCN(c2cc3c(cc2F)c(=O)c(OC(=O)O)cn3C2CC2)C1. The Morgan fingerprint density at radius 1 is 1.37 bits per heavy atom. The van der Waals surface area contributed by atoms with Crippen molar-refractivity contribution in [2.45, 2.75) is 25.3 Å². The monoisotopic (exact) mass is 392 g/mol. The minimum atomic E-state index is -1.55. The summed E-state index contributed by atoms with van der Waals surface area (Å²) in [5.74, 6) is 0.843. The second-order valence-corrected chi connectivity index (χ2v) is 8.12. The van der Waals surface area contributed by atoms with Crippen LogP contribution in [0.1, 0.15) is 25.3 Å². The molecule has 1 saturated heterocycles. The zero-order chi connectivity index (χ0) is 19.1. The number of carbonyl (C=O) groups is 1. The van der Waals surface area contributed by atoms with Gasteiger partial charge in [0.05, 0.1) is 22.8 Å². The van der Waals surface area contributed by atoms with E-state index in [0.717, 1.165) is 38.1 Å². The molecule has 1 atom stereocenters. The summed E-state index contributed by atoms with van der Waals surface area (Å²) in [7, 11) is 0. The first kappa shape index (κ1) is 18.2. The lowest BCUT2D eigenvalue weighted by Gasteiger charge is -2.21. The number of aromatic nitrogens is 1. The third kappa shape index (κ3) is 3.50. The molecular weight excluding hydrogens is 371 g/mol. The minimum Gasteiger partial charge on any atom is -0.449 e. The number of pyridine rings is 1. The van der Waals surface area contributed by atoms with Crippen molar-refractivity contribution < 1.29 is 19.0 Å². The number of thioether (sulfide) groups is 1. The van der Waals surface area contributed by atoms with E-state index < -0.39 is 17.4 Å². The van der Waals surface area contributed by atoms with Crippen molar-refractivity contribution in [2.75, 3.05) is 30.0 Å². The van der Waals surface area contributed by atoms with Crippen LogP contribution in [0, 0.1) is 11.7 Å².